The fraction of sp³-hybridized carbons (Fsp3) is 0.355. The monoisotopic (exact) mass is 517 g/mol. The summed E-state index contributed by atoms with van der Waals surface area (Å²) in [5.74, 6) is -0.338. The number of urea groups is 1. The predicted octanol–water partition coefficient (Wildman–Crippen LogP) is 6.59. The first-order chi connectivity index (χ1) is 18.4. The van der Waals surface area contributed by atoms with Crippen molar-refractivity contribution in [3.05, 3.63) is 78.4 Å². The fourth-order valence-electron chi connectivity index (χ4n) is 4.27. The third kappa shape index (κ3) is 8.26. The number of anilines is 2. The van der Waals surface area contributed by atoms with Crippen LogP contribution in [0.3, 0.4) is 0 Å². The number of rotatable bonds is 14. The number of amides is 2. The summed E-state index contributed by atoms with van der Waals surface area (Å²) in [6.45, 7) is 2.87. The maximum absolute atomic E-state index is 12.6. The van der Waals surface area contributed by atoms with E-state index in [1.165, 1.54) is 19.3 Å². The maximum Gasteiger partial charge on any atom is 0.326 e. The minimum Gasteiger partial charge on any atom is -0.495 e. The van der Waals surface area contributed by atoms with Gasteiger partial charge in [0.05, 0.1) is 12.8 Å². The molecular weight excluding hydrogens is 478 g/mol. The number of carboxylic acids is 1. The summed E-state index contributed by atoms with van der Waals surface area (Å²) < 4.78 is 5.34. The van der Waals surface area contributed by atoms with Gasteiger partial charge in [-0.2, -0.15) is 0 Å². The van der Waals surface area contributed by atoms with E-state index in [2.05, 4.69) is 17.6 Å². The standard InChI is InChI=1S/C31H39N3O4/c1-4-5-6-7-10-20-32-31(37)34(2)26-13-11-12-25(22-26)24-18-16-23(17-19-24)21-28(30(35)36)33-27-14-8-9-15-29(27)38-3/h8-9,11-19,22,28,33H,4-7,10,20-21H2,1-3H3,(H,32,37)(H,35,36). The number of nitrogens with one attached hydrogen (secondary N) is 2. The molecule has 0 saturated carbocycles. The number of benzene rings is 3. The summed E-state index contributed by atoms with van der Waals surface area (Å²) >= 11 is 0. The third-order valence-corrected chi connectivity index (χ3v) is 6.56. The molecule has 38 heavy (non-hydrogen) atoms. The van der Waals surface area contributed by atoms with Crippen LogP contribution in [0.5, 0.6) is 5.75 Å². The molecule has 0 aliphatic heterocycles. The van der Waals surface area contributed by atoms with Gasteiger partial charge in [-0.15, -0.1) is 0 Å². The lowest BCUT2D eigenvalue weighted by Gasteiger charge is -2.19. The smallest absolute Gasteiger partial charge is 0.326 e. The lowest BCUT2D eigenvalue weighted by molar-refractivity contribution is -0.137. The summed E-state index contributed by atoms with van der Waals surface area (Å²) in [6.07, 6.45) is 6.09. The molecule has 3 N–H and O–H groups in total. The van der Waals surface area contributed by atoms with Crippen LogP contribution >= 0.6 is 0 Å². The van der Waals surface area contributed by atoms with E-state index < -0.39 is 12.0 Å². The van der Waals surface area contributed by atoms with Gasteiger partial charge in [-0.05, 0) is 47.4 Å². The number of unbranched alkanes of at least 4 members (excludes halogenated alkanes) is 4. The van der Waals surface area contributed by atoms with Crippen molar-refractivity contribution >= 4 is 23.4 Å². The van der Waals surface area contributed by atoms with Crippen LogP contribution in [-0.4, -0.2) is 43.9 Å². The summed E-state index contributed by atoms with van der Waals surface area (Å²) in [5, 5.41) is 15.9. The van der Waals surface area contributed by atoms with Gasteiger partial charge in [-0.1, -0.05) is 81.1 Å². The van der Waals surface area contributed by atoms with Gasteiger partial charge in [0.2, 0.25) is 0 Å². The van der Waals surface area contributed by atoms with E-state index in [-0.39, 0.29) is 6.03 Å². The highest BCUT2D eigenvalue weighted by Crippen LogP contribution is 2.27. The second-order valence-electron chi connectivity index (χ2n) is 9.39. The Morgan fingerprint density at radius 3 is 2.37 bits per heavy atom. The molecule has 0 aliphatic rings. The van der Waals surface area contributed by atoms with Crippen LogP contribution in [0.1, 0.15) is 44.6 Å². The number of carbonyl (C=O) groups is 2. The second kappa shape index (κ2) is 14.7. The van der Waals surface area contributed by atoms with Gasteiger partial charge in [0.1, 0.15) is 11.8 Å². The number of carbonyl (C=O) groups excluding carboxylic acids is 1. The largest absolute Gasteiger partial charge is 0.495 e. The molecule has 0 radical (unpaired) electrons. The highest BCUT2D eigenvalue weighted by molar-refractivity contribution is 5.92. The Hall–Kier alpha value is -4.00. The average Bonchev–Trinajstić information content (AvgIpc) is 2.94. The van der Waals surface area contributed by atoms with Crippen molar-refractivity contribution in [2.75, 3.05) is 30.9 Å². The number of para-hydroxylation sites is 2. The normalized spacial score (nSPS) is 11.4. The molecule has 0 bridgehead atoms. The molecule has 202 valence electrons. The SMILES string of the molecule is CCCCCCCNC(=O)N(C)c1cccc(-c2ccc(CC(Nc3ccccc3OC)C(=O)O)cc2)c1. The van der Waals surface area contributed by atoms with Gasteiger partial charge < -0.3 is 20.5 Å². The topological polar surface area (TPSA) is 90.9 Å². The number of hydrogen-bond donors (Lipinski definition) is 3. The molecule has 0 aromatic heterocycles. The minimum atomic E-state index is -0.935. The van der Waals surface area contributed by atoms with Crippen molar-refractivity contribution in [2.45, 2.75) is 51.5 Å². The van der Waals surface area contributed by atoms with Crippen molar-refractivity contribution < 1.29 is 19.4 Å². The van der Waals surface area contributed by atoms with E-state index in [0.29, 0.717) is 24.4 Å². The Morgan fingerprint density at radius 1 is 0.921 bits per heavy atom. The van der Waals surface area contributed by atoms with Crippen LogP contribution in [0.4, 0.5) is 16.2 Å². The van der Waals surface area contributed by atoms with Crippen molar-refractivity contribution in [2.24, 2.45) is 0 Å². The molecule has 2 amide bonds. The zero-order chi connectivity index (χ0) is 27.3. The predicted molar refractivity (Wildman–Crippen MR) is 154 cm³/mol. The lowest BCUT2D eigenvalue weighted by Crippen LogP contribution is -2.37. The summed E-state index contributed by atoms with van der Waals surface area (Å²) in [4.78, 5) is 26.2. The van der Waals surface area contributed by atoms with Crippen LogP contribution in [0, 0.1) is 0 Å². The molecule has 3 aromatic carbocycles. The third-order valence-electron chi connectivity index (χ3n) is 6.56. The van der Waals surface area contributed by atoms with E-state index in [9.17, 15) is 14.7 Å². The van der Waals surface area contributed by atoms with Crippen LogP contribution < -0.4 is 20.3 Å². The van der Waals surface area contributed by atoms with Gasteiger partial charge in [0.25, 0.3) is 0 Å². The number of ether oxygens (including phenoxy) is 1. The number of methoxy groups -OCH3 is 1. The summed E-state index contributed by atoms with van der Waals surface area (Å²) in [7, 11) is 3.33. The Labute approximate surface area is 225 Å². The summed E-state index contributed by atoms with van der Waals surface area (Å²) in [6, 6.07) is 22.0. The molecule has 0 heterocycles. The Kier molecular flexibility index (Phi) is 11.0. The lowest BCUT2D eigenvalue weighted by atomic mass is 10.00. The highest BCUT2D eigenvalue weighted by Gasteiger charge is 2.19. The molecule has 7 heteroatoms. The van der Waals surface area contributed by atoms with Crippen molar-refractivity contribution in [3.8, 4) is 16.9 Å². The van der Waals surface area contributed by atoms with Gasteiger partial charge in [0, 0.05) is 25.7 Å². The van der Waals surface area contributed by atoms with Crippen LogP contribution in [-0.2, 0) is 11.2 Å². The second-order valence-corrected chi connectivity index (χ2v) is 9.39. The van der Waals surface area contributed by atoms with Crippen LogP contribution in [0.15, 0.2) is 72.8 Å². The van der Waals surface area contributed by atoms with E-state index >= 15 is 0 Å². The Morgan fingerprint density at radius 2 is 1.66 bits per heavy atom. The number of hydrogen-bond acceptors (Lipinski definition) is 4. The molecular formula is C31H39N3O4. The average molecular weight is 518 g/mol. The molecule has 1 unspecified atom stereocenters. The van der Waals surface area contributed by atoms with Crippen molar-refractivity contribution in [1.82, 2.24) is 5.32 Å². The number of aliphatic carboxylic acids is 1. The van der Waals surface area contributed by atoms with E-state index in [1.54, 1.807) is 31.2 Å². The molecule has 0 saturated heterocycles. The highest BCUT2D eigenvalue weighted by atomic mass is 16.5. The van der Waals surface area contributed by atoms with E-state index in [4.69, 9.17) is 4.74 Å². The Balaban J connectivity index is 1.62. The van der Waals surface area contributed by atoms with Crippen molar-refractivity contribution in [3.63, 3.8) is 0 Å². The van der Waals surface area contributed by atoms with Crippen LogP contribution in [0.2, 0.25) is 0 Å². The molecule has 3 rings (SSSR count). The molecule has 3 aromatic rings. The maximum atomic E-state index is 12.6. The molecule has 1 atom stereocenters. The van der Waals surface area contributed by atoms with E-state index in [0.717, 1.165) is 35.2 Å². The molecule has 0 fully saturated rings. The number of nitrogens with zero attached hydrogens (tertiary/aromatic N) is 1. The van der Waals surface area contributed by atoms with E-state index in [1.807, 2.05) is 60.7 Å². The first-order valence-electron chi connectivity index (χ1n) is 13.3. The van der Waals surface area contributed by atoms with Gasteiger partial charge in [-0.3, -0.25) is 4.90 Å². The van der Waals surface area contributed by atoms with Gasteiger partial charge >= 0.3 is 12.0 Å². The zero-order valence-electron chi connectivity index (χ0n) is 22.6. The fourth-order valence-corrected chi connectivity index (χ4v) is 4.27. The first kappa shape index (κ1) is 28.6. The van der Waals surface area contributed by atoms with Gasteiger partial charge in [-0.25, -0.2) is 9.59 Å². The van der Waals surface area contributed by atoms with Gasteiger partial charge in [0.15, 0.2) is 0 Å². The minimum absolute atomic E-state index is 0.116. The molecule has 7 nitrogen and oxygen atoms in total. The molecule has 0 aliphatic carbocycles. The zero-order valence-corrected chi connectivity index (χ0v) is 22.6. The quantitative estimate of drug-likeness (QED) is 0.210. The number of carboxylic acid groups (broad SMARTS) is 1. The molecule has 0 spiro atoms. The summed E-state index contributed by atoms with van der Waals surface area (Å²) in [5.41, 5.74) is 4.32. The van der Waals surface area contributed by atoms with Crippen molar-refractivity contribution in [1.29, 1.82) is 0 Å². The van der Waals surface area contributed by atoms with Crippen LogP contribution in [0.25, 0.3) is 11.1 Å². The first-order valence-corrected chi connectivity index (χ1v) is 13.3. The Bertz CT molecular complexity index is 1180.